The number of hydrogen-bond acceptors (Lipinski definition) is 8. The van der Waals surface area contributed by atoms with E-state index in [4.69, 9.17) is 18.5 Å². The van der Waals surface area contributed by atoms with E-state index in [0.717, 1.165) is 128 Å². The number of rotatable bonds is 67. The zero-order valence-corrected chi connectivity index (χ0v) is 60.6. The number of ether oxygens (including phenoxy) is 2. The summed E-state index contributed by atoms with van der Waals surface area (Å²) >= 11 is 0. The van der Waals surface area contributed by atoms with Gasteiger partial charge in [0.2, 0.25) is 0 Å². The van der Waals surface area contributed by atoms with Crippen LogP contribution in [0.1, 0.15) is 296 Å². The molecule has 10 heteroatoms. The van der Waals surface area contributed by atoms with Crippen molar-refractivity contribution in [3.05, 3.63) is 158 Å². The Morgan fingerprint density at radius 1 is 0.337 bits per heavy atom. The van der Waals surface area contributed by atoms with Crippen molar-refractivity contribution in [1.29, 1.82) is 0 Å². The van der Waals surface area contributed by atoms with Crippen LogP contribution in [-0.2, 0) is 32.7 Å². The van der Waals surface area contributed by atoms with E-state index in [1.807, 2.05) is 21.1 Å². The van der Waals surface area contributed by atoms with E-state index in [-0.39, 0.29) is 32.0 Å². The van der Waals surface area contributed by atoms with Crippen molar-refractivity contribution in [1.82, 2.24) is 0 Å². The van der Waals surface area contributed by atoms with Gasteiger partial charge in [-0.1, -0.05) is 320 Å². The molecule has 0 aromatic heterocycles. The number of nitrogens with zero attached hydrogens (tertiary/aromatic N) is 1. The molecule has 0 fully saturated rings. The normalized spacial score (nSPS) is 14.0. The minimum absolute atomic E-state index is 0.0394. The summed E-state index contributed by atoms with van der Waals surface area (Å²) in [6, 6.07) is 0. The van der Waals surface area contributed by atoms with Crippen LogP contribution in [0.5, 0.6) is 0 Å². The van der Waals surface area contributed by atoms with Gasteiger partial charge in [0.25, 0.3) is 7.82 Å². The first kappa shape index (κ1) is 87.6. The van der Waals surface area contributed by atoms with Crippen molar-refractivity contribution in [2.45, 2.75) is 302 Å². The van der Waals surface area contributed by atoms with Gasteiger partial charge in [-0.25, -0.2) is 0 Å². The number of phosphoric ester groups is 1. The van der Waals surface area contributed by atoms with Crippen molar-refractivity contribution in [2.75, 3.05) is 47.5 Å². The van der Waals surface area contributed by atoms with Crippen LogP contribution in [0.3, 0.4) is 0 Å². The highest BCUT2D eigenvalue weighted by Crippen LogP contribution is 2.38. The molecule has 9 nitrogen and oxygen atoms in total. The summed E-state index contributed by atoms with van der Waals surface area (Å²) in [6.07, 6.45) is 106. The molecule has 0 bridgehead atoms. The standard InChI is InChI=1S/C82H138NO8P/c1-6-8-10-12-14-16-18-20-22-24-26-28-30-32-34-36-37-38-39-40-41-42-43-44-45-47-48-50-52-54-56-58-60-62-64-66-68-70-72-74-81(84)88-78-80(79-90-92(86,87)89-77-76-83(3,4)5)91-82(85)75-73-71-69-67-65-63-61-59-57-55-53-51-49-46-35-33-31-29-27-25-23-21-19-17-15-13-11-9-7-2/h8-11,14-17,20-23,26-29,32-35,37-38,49,51,55,57,80H,6-7,12-13,18-19,24-25,30-31,36,39-48,50,52-54,56,58-79H2,1-5H3/b10-8-,11-9-,16-14-,17-15-,22-20-,23-21-,28-26-,29-27-,34-32-,35-33-,38-37-,51-49-,57-55-. The number of allylic oxidation sites excluding steroid dienone is 26. The van der Waals surface area contributed by atoms with Crippen LogP contribution in [0.4, 0.5) is 0 Å². The van der Waals surface area contributed by atoms with Crippen LogP contribution in [0.2, 0.25) is 0 Å². The van der Waals surface area contributed by atoms with E-state index >= 15 is 0 Å². The fourth-order valence-corrected chi connectivity index (χ4v) is 10.7. The Kier molecular flexibility index (Phi) is 67.6. The molecule has 92 heavy (non-hydrogen) atoms. The number of quaternary nitrogens is 1. The van der Waals surface area contributed by atoms with E-state index in [1.165, 1.54) is 135 Å². The first-order chi connectivity index (χ1) is 45.0. The Morgan fingerprint density at radius 2 is 0.587 bits per heavy atom. The number of unbranched alkanes of at least 4 members (excludes halogenated alkanes) is 27. The maximum Gasteiger partial charge on any atom is 0.306 e. The lowest BCUT2D eigenvalue weighted by atomic mass is 10.0. The minimum Gasteiger partial charge on any atom is -0.756 e. The predicted octanol–water partition coefficient (Wildman–Crippen LogP) is 24.1. The lowest BCUT2D eigenvalue weighted by molar-refractivity contribution is -0.870. The van der Waals surface area contributed by atoms with Crippen LogP contribution in [-0.4, -0.2) is 70.0 Å². The molecule has 0 saturated heterocycles. The predicted molar refractivity (Wildman–Crippen MR) is 397 cm³/mol. The summed E-state index contributed by atoms with van der Waals surface area (Å²) in [5.41, 5.74) is 0. The molecule has 0 aliphatic carbocycles. The molecule has 0 saturated carbocycles. The smallest absolute Gasteiger partial charge is 0.306 e. The molecular weight excluding hydrogens is 1160 g/mol. The van der Waals surface area contributed by atoms with Crippen molar-refractivity contribution in [3.63, 3.8) is 0 Å². The summed E-state index contributed by atoms with van der Waals surface area (Å²) in [6.45, 7) is 4.01. The van der Waals surface area contributed by atoms with Gasteiger partial charge in [-0.05, 0) is 122 Å². The largest absolute Gasteiger partial charge is 0.756 e. The number of likely N-dealkylation sites (N-methyl/N-ethyl adjacent to an activating group) is 1. The average molecular weight is 1300 g/mol. The molecule has 0 spiro atoms. The summed E-state index contributed by atoms with van der Waals surface area (Å²) in [7, 11) is 1.15. The monoisotopic (exact) mass is 1300 g/mol. The van der Waals surface area contributed by atoms with Crippen LogP contribution >= 0.6 is 7.82 Å². The number of carbonyl (C=O) groups is 2. The number of esters is 2. The van der Waals surface area contributed by atoms with Gasteiger partial charge >= 0.3 is 11.9 Å². The van der Waals surface area contributed by atoms with Gasteiger partial charge in [0.1, 0.15) is 19.8 Å². The van der Waals surface area contributed by atoms with Crippen molar-refractivity contribution in [2.24, 2.45) is 0 Å². The number of phosphoric acid groups is 1. The summed E-state index contributed by atoms with van der Waals surface area (Å²) < 4.78 is 34.3. The molecule has 0 amide bonds. The molecule has 0 aromatic carbocycles. The first-order valence-corrected chi connectivity index (χ1v) is 38.7. The van der Waals surface area contributed by atoms with E-state index in [1.54, 1.807) is 0 Å². The highest BCUT2D eigenvalue weighted by atomic mass is 31.2. The molecule has 0 N–H and O–H groups in total. The molecular formula is C82H138NO8P. The molecule has 0 rings (SSSR count). The molecule has 0 radical (unpaired) electrons. The fraction of sp³-hybridized carbons (Fsp3) is 0.659. The zero-order valence-electron chi connectivity index (χ0n) is 59.7. The Morgan fingerprint density at radius 3 is 0.870 bits per heavy atom. The van der Waals surface area contributed by atoms with Crippen molar-refractivity contribution in [3.8, 4) is 0 Å². The van der Waals surface area contributed by atoms with Crippen LogP contribution in [0.15, 0.2) is 158 Å². The molecule has 2 unspecified atom stereocenters. The second-order valence-corrected chi connectivity index (χ2v) is 27.0. The highest BCUT2D eigenvalue weighted by Gasteiger charge is 2.22. The first-order valence-electron chi connectivity index (χ1n) is 37.2. The second-order valence-electron chi connectivity index (χ2n) is 25.5. The van der Waals surface area contributed by atoms with Crippen molar-refractivity contribution >= 4 is 19.8 Å². The Hall–Kier alpha value is -4.37. The number of hydrogen-bond donors (Lipinski definition) is 0. The quantitative estimate of drug-likeness (QED) is 0.0195. The van der Waals surface area contributed by atoms with Gasteiger partial charge in [-0.15, -0.1) is 0 Å². The SMILES string of the molecule is CC/C=C\C/C=C\C/C=C\C/C=C\C/C=C\C/C=C\C/C=C\CCCCCCCCCC(=O)OC(COC(=O)CCCCCCCCCCCCCCCCCCCCCC/C=C\C/C=C\C/C=C\C/C=C\C/C=C\C/C=C\CC)COP(=O)([O-])OCC[N+](C)(C)C. The highest BCUT2D eigenvalue weighted by molar-refractivity contribution is 7.45. The number of carbonyl (C=O) groups excluding carboxylic acids is 2. The lowest BCUT2D eigenvalue weighted by Crippen LogP contribution is -2.37. The molecule has 0 aromatic rings. The molecule has 524 valence electrons. The van der Waals surface area contributed by atoms with Crippen molar-refractivity contribution < 1.29 is 42.1 Å². The third-order valence-electron chi connectivity index (χ3n) is 15.5. The van der Waals surface area contributed by atoms with Crippen LogP contribution in [0.25, 0.3) is 0 Å². The average Bonchev–Trinajstić information content (AvgIpc) is 2.14. The van der Waals surface area contributed by atoms with Gasteiger partial charge in [-0.3, -0.25) is 14.2 Å². The van der Waals surface area contributed by atoms with E-state index in [2.05, 4.69) is 172 Å². The maximum absolute atomic E-state index is 12.9. The molecule has 0 aliphatic rings. The van der Waals surface area contributed by atoms with E-state index in [0.29, 0.717) is 17.4 Å². The molecule has 2 atom stereocenters. The third kappa shape index (κ3) is 74.7. The lowest BCUT2D eigenvalue weighted by Gasteiger charge is -2.28. The second kappa shape index (κ2) is 70.9. The van der Waals surface area contributed by atoms with Crippen LogP contribution < -0.4 is 4.89 Å². The summed E-state index contributed by atoms with van der Waals surface area (Å²) in [5, 5.41) is 0. The Balaban J connectivity index is 4.03. The molecule has 0 aliphatic heterocycles. The van der Waals surface area contributed by atoms with E-state index in [9.17, 15) is 19.0 Å². The summed E-state index contributed by atoms with van der Waals surface area (Å²) in [4.78, 5) is 38.1. The molecule has 0 heterocycles. The topological polar surface area (TPSA) is 111 Å². The van der Waals surface area contributed by atoms with Gasteiger partial charge in [-0.2, -0.15) is 0 Å². The Bertz CT molecular complexity index is 2110. The zero-order chi connectivity index (χ0) is 66.9. The van der Waals surface area contributed by atoms with Gasteiger partial charge in [0.15, 0.2) is 6.10 Å². The van der Waals surface area contributed by atoms with Gasteiger partial charge in [0.05, 0.1) is 27.7 Å². The maximum atomic E-state index is 12.9. The van der Waals surface area contributed by atoms with E-state index < -0.39 is 26.5 Å². The van der Waals surface area contributed by atoms with Crippen LogP contribution in [0, 0.1) is 0 Å². The third-order valence-corrected chi connectivity index (χ3v) is 16.5. The van der Waals surface area contributed by atoms with Gasteiger partial charge in [0, 0.05) is 12.8 Å². The summed E-state index contributed by atoms with van der Waals surface area (Å²) in [5.74, 6) is -0.846. The minimum atomic E-state index is -4.66. The fourth-order valence-electron chi connectivity index (χ4n) is 9.94. The van der Waals surface area contributed by atoms with Gasteiger partial charge < -0.3 is 27.9 Å². The Labute approximate surface area is 566 Å².